The van der Waals surface area contributed by atoms with E-state index in [1.54, 1.807) is 18.2 Å². The first-order valence-corrected chi connectivity index (χ1v) is 9.51. The molecule has 2 N–H and O–H groups in total. The molecular formula is C18H18O9S. The number of aliphatic hydroxyl groups is 1. The molecule has 0 amide bonds. The second kappa shape index (κ2) is 9.95. The summed E-state index contributed by atoms with van der Waals surface area (Å²) in [6.07, 6.45) is 0. The second-order valence-electron chi connectivity index (χ2n) is 5.40. The number of ether oxygens (including phenoxy) is 3. The predicted molar refractivity (Wildman–Crippen MR) is 95.8 cm³/mol. The molecule has 0 unspecified atom stereocenters. The number of esters is 2. The molecule has 0 aliphatic rings. The lowest BCUT2D eigenvalue weighted by atomic mass is 10.1. The SMILES string of the molecule is O=C(OCCOCCO)c1cc(C(=O)Oc2ccccc2)cc(S(=O)(=O)O)c1. The molecule has 0 spiro atoms. The summed E-state index contributed by atoms with van der Waals surface area (Å²) in [6.45, 7) is -0.242. The fourth-order valence-corrected chi connectivity index (χ4v) is 2.63. The van der Waals surface area contributed by atoms with E-state index >= 15 is 0 Å². The minimum atomic E-state index is -4.69. The maximum absolute atomic E-state index is 12.3. The van der Waals surface area contributed by atoms with Crippen molar-refractivity contribution in [1.29, 1.82) is 0 Å². The second-order valence-corrected chi connectivity index (χ2v) is 6.82. The molecule has 0 aliphatic heterocycles. The highest BCUT2D eigenvalue weighted by Gasteiger charge is 2.20. The van der Waals surface area contributed by atoms with Crippen molar-refractivity contribution in [3.63, 3.8) is 0 Å². The van der Waals surface area contributed by atoms with Gasteiger partial charge in [0.15, 0.2) is 0 Å². The first kappa shape index (κ1) is 21.5. The van der Waals surface area contributed by atoms with Gasteiger partial charge < -0.3 is 19.3 Å². The van der Waals surface area contributed by atoms with Gasteiger partial charge in [0, 0.05) is 0 Å². The zero-order valence-electron chi connectivity index (χ0n) is 14.6. The molecule has 0 saturated carbocycles. The Morgan fingerprint density at radius 1 is 0.893 bits per heavy atom. The summed E-state index contributed by atoms with van der Waals surface area (Å²) in [5.41, 5.74) is -0.528. The Labute approximate surface area is 161 Å². The number of para-hydroxylation sites is 1. The summed E-state index contributed by atoms with van der Waals surface area (Å²) >= 11 is 0. The van der Waals surface area contributed by atoms with Crippen LogP contribution in [0.4, 0.5) is 0 Å². The fraction of sp³-hybridized carbons (Fsp3) is 0.222. The van der Waals surface area contributed by atoms with Crippen LogP contribution in [-0.2, 0) is 19.6 Å². The lowest BCUT2D eigenvalue weighted by Gasteiger charge is -2.09. The highest BCUT2D eigenvalue weighted by molar-refractivity contribution is 7.85. The molecular weight excluding hydrogens is 392 g/mol. The Morgan fingerprint density at radius 2 is 1.54 bits per heavy atom. The van der Waals surface area contributed by atoms with E-state index in [0.717, 1.165) is 18.2 Å². The average Bonchev–Trinajstić information content (AvgIpc) is 2.67. The van der Waals surface area contributed by atoms with E-state index in [1.165, 1.54) is 12.1 Å². The maximum Gasteiger partial charge on any atom is 0.343 e. The molecule has 28 heavy (non-hydrogen) atoms. The number of aliphatic hydroxyl groups excluding tert-OH is 1. The van der Waals surface area contributed by atoms with Crippen molar-refractivity contribution < 1.29 is 41.9 Å². The van der Waals surface area contributed by atoms with Crippen LogP contribution in [0.1, 0.15) is 20.7 Å². The van der Waals surface area contributed by atoms with Gasteiger partial charge in [-0.2, -0.15) is 8.42 Å². The molecule has 0 atom stereocenters. The van der Waals surface area contributed by atoms with E-state index in [-0.39, 0.29) is 43.3 Å². The van der Waals surface area contributed by atoms with E-state index in [2.05, 4.69) is 0 Å². The lowest BCUT2D eigenvalue weighted by molar-refractivity contribution is 0.0258. The Kier molecular flexibility index (Phi) is 7.64. The van der Waals surface area contributed by atoms with Crippen molar-refractivity contribution in [3.8, 4) is 5.75 Å². The number of carbonyl (C=O) groups is 2. The molecule has 150 valence electrons. The Bertz CT molecular complexity index is 923. The third kappa shape index (κ3) is 6.43. The van der Waals surface area contributed by atoms with E-state index in [1.807, 2.05) is 0 Å². The van der Waals surface area contributed by atoms with Crippen LogP contribution in [0.3, 0.4) is 0 Å². The highest BCUT2D eigenvalue weighted by Crippen LogP contribution is 2.19. The van der Waals surface area contributed by atoms with Crippen LogP contribution in [0.2, 0.25) is 0 Å². The Hall–Kier alpha value is -2.79. The maximum atomic E-state index is 12.3. The zero-order chi connectivity index (χ0) is 20.6. The molecule has 0 bridgehead atoms. The smallest absolute Gasteiger partial charge is 0.343 e. The molecule has 2 aromatic carbocycles. The molecule has 0 radical (unpaired) electrons. The number of hydrogen-bond acceptors (Lipinski definition) is 8. The summed E-state index contributed by atoms with van der Waals surface area (Å²) < 4.78 is 47.2. The lowest BCUT2D eigenvalue weighted by Crippen LogP contribution is -2.15. The zero-order valence-corrected chi connectivity index (χ0v) is 15.4. The van der Waals surface area contributed by atoms with Gasteiger partial charge in [-0.15, -0.1) is 0 Å². The summed E-state index contributed by atoms with van der Waals surface area (Å²) in [6, 6.07) is 10.9. The number of rotatable bonds is 9. The monoisotopic (exact) mass is 410 g/mol. The molecule has 0 heterocycles. The van der Waals surface area contributed by atoms with Gasteiger partial charge in [0.05, 0.1) is 35.8 Å². The van der Waals surface area contributed by atoms with Crippen LogP contribution in [0.15, 0.2) is 53.4 Å². The van der Waals surface area contributed by atoms with Crippen LogP contribution in [-0.4, -0.2) is 56.4 Å². The fourth-order valence-electron chi connectivity index (χ4n) is 2.08. The standard InChI is InChI=1S/C18H18O9S/c19-6-7-25-8-9-26-17(20)13-10-14(12-16(11-13)28(22,23)24)18(21)27-15-4-2-1-3-5-15/h1-5,10-12,19H,6-9H2,(H,22,23,24). The van der Waals surface area contributed by atoms with Crippen LogP contribution >= 0.6 is 0 Å². The minimum Gasteiger partial charge on any atom is -0.460 e. The highest BCUT2D eigenvalue weighted by atomic mass is 32.2. The summed E-state index contributed by atoms with van der Waals surface area (Å²) in [5, 5.41) is 8.59. The first-order chi connectivity index (χ1) is 13.3. The molecule has 2 rings (SSSR count). The Morgan fingerprint density at radius 3 is 2.14 bits per heavy atom. The van der Waals surface area contributed by atoms with Crippen LogP contribution in [0.5, 0.6) is 5.75 Å². The van der Waals surface area contributed by atoms with Gasteiger partial charge >= 0.3 is 11.9 Å². The van der Waals surface area contributed by atoms with Gasteiger partial charge in [-0.1, -0.05) is 18.2 Å². The molecule has 0 saturated heterocycles. The third-order valence-electron chi connectivity index (χ3n) is 3.33. The molecule has 9 nitrogen and oxygen atoms in total. The van der Waals surface area contributed by atoms with Crippen molar-refractivity contribution in [2.75, 3.05) is 26.4 Å². The normalized spacial score (nSPS) is 11.1. The number of carbonyl (C=O) groups excluding carboxylic acids is 2. The average molecular weight is 410 g/mol. The number of benzene rings is 2. The summed E-state index contributed by atoms with van der Waals surface area (Å²) in [7, 11) is -4.69. The van der Waals surface area contributed by atoms with Crippen molar-refractivity contribution >= 4 is 22.1 Å². The van der Waals surface area contributed by atoms with Gasteiger partial charge in [-0.05, 0) is 30.3 Å². The molecule has 10 heteroatoms. The van der Waals surface area contributed by atoms with Crippen molar-refractivity contribution in [1.82, 2.24) is 0 Å². The van der Waals surface area contributed by atoms with E-state index in [0.29, 0.717) is 0 Å². The van der Waals surface area contributed by atoms with E-state index < -0.39 is 27.0 Å². The van der Waals surface area contributed by atoms with Gasteiger partial charge in [-0.3, -0.25) is 4.55 Å². The minimum absolute atomic E-state index is 0.0210. The largest absolute Gasteiger partial charge is 0.460 e. The molecule has 0 aromatic heterocycles. The van der Waals surface area contributed by atoms with E-state index in [9.17, 15) is 22.6 Å². The van der Waals surface area contributed by atoms with Crippen molar-refractivity contribution in [2.45, 2.75) is 4.90 Å². The van der Waals surface area contributed by atoms with Gasteiger partial charge in [0.25, 0.3) is 10.1 Å². The van der Waals surface area contributed by atoms with Crippen molar-refractivity contribution in [2.24, 2.45) is 0 Å². The van der Waals surface area contributed by atoms with Gasteiger partial charge in [0.1, 0.15) is 12.4 Å². The van der Waals surface area contributed by atoms with Crippen LogP contribution in [0, 0.1) is 0 Å². The van der Waals surface area contributed by atoms with Gasteiger partial charge in [0.2, 0.25) is 0 Å². The topological polar surface area (TPSA) is 136 Å². The Balaban J connectivity index is 2.22. The quantitative estimate of drug-likeness (QED) is 0.271. The van der Waals surface area contributed by atoms with Gasteiger partial charge in [-0.25, -0.2) is 9.59 Å². The van der Waals surface area contributed by atoms with Crippen molar-refractivity contribution in [3.05, 3.63) is 59.7 Å². The van der Waals surface area contributed by atoms with E-state index in [4.69, 9.17) is 19.3 Å². The summed E-state index contributed by atoms with van der Waals surface area (Å²) in [5.74, 6) is -1.63. The third-order valence-corrected chi connectivity index (χ3v) is 4.16. The number of hydrogen-bond donors (Lipinski definition) is 2. The molecule has 2 aromatic rings. The molecule has 0 fully saturated rings. The van der Waals surface area contributed by atoms with Crippen LogP contribution in [0.25, 0.3) is 0 Å². The molecule has 0 aliphatic carbocycles. The van der Waals surface area contributed by atoms with Crippen LogP contribution < -0.4 is 4.74 Å². The predicted octanol–water partition coefficient (Wildman–Crippen LogP) is 1.32. The first-order valence-electron chi connectivity index (χ1n) is 8.07. The summed E-state index contributed by atoms with van der Waals surface area (Å²) in [4.78, 5) is 23.8.